The summed E-state index contributed by atoms with van der Waals surface area (Å²) in [6.45, 7) is 8.37. The number of nitrogens with one attached hydrogen (secondary N) is 2. The Labute approximate surface area is 206 Å². The summed E-state index contributed by atoms with van der Waals surface area (Å²) in [5.41, 5.74) is 3.43. The zero-order valence-electron chi connectivity index (χ0n) is 18.9. The molecule has 0 amide bonds. The van der Waals surface area contributed by atoms with Crippen LogP contribution in [0.15, 0.2) is 53.7 Å². The molecule has 1 aromatic carbocycles. The van der Waals surface area contributed by atoms with Gasteiger partial charge in [-0.15, -0.1) is 34.2 Å². The van der Waals surface area contributed by atoms with E-state index in [1.54, 1.807) is 7.05 Å². The molecule has 2 unspecified atom stereocenters. The van der Waals surface area contributed by atoms with Crippen molar-refractivity contribution in [2.24, 2.45) is 4.99 Å². The minimum atomic E-state index is 0. The van der Waals surface area contributed by atoms with E-state index in [1.165, 1.54) is 11.1 Å². The monoisotopic (exact) mass is 549 g/mol. The zero-order chi connectivity index (χ0) is 21.6. The largest absolute Gasteiger partial charge is 0.373 e. The van der Waals surface area contributed by atoms with Crippen molar-refractivity contribution < 1.29 is 4.74 Å². The standard InChI is InChI=1S/C23H31N7O.HI/c1-17-14-29(15-18(2)31-17)16-20-9-5-4-8-19(20)12-25-23(24-3)26-13-22-28-27-21-10-6-7-11-30(21)22;/h4-11,17-18H,12-16H2,1-3H3,(H2,24,25,26);1H. The molecular formula is C23H32IN7O. The van der Waals surface area contributed by atoms with Gasteiger partial charge in [0.25, 0.3) is 0 Å². The number of hydrogen-bond donors (Lipinski definition) is 2. The first-order chi connectivity index (χ1) is 15.1. The van der Waals surface area contributed by atoms with Gasteiger partial charge in [0, 0.05) is 39.4 Å². The van der Waals surface area contributed by atoms with Crippen molar-refractivity contribution in [1.29, 1.82) is 0 Å². The van der Waals surface area contributed by atoms with Crippen molar-refractivity contribution in [3.63, 3.8) is 0 Å². The minimum Gasteiger partial charge on any atom is -0.373 e. The molecule has 32 heavy (non-hydrogen) atoms. The van der Waals surface area contributed by atoms with Crippen LogP contribution in [-0.4, -0.2) is 57.8 Å². The molecular weight excluding hydrogens is 517 g/mol. The summed E-state index contributed by atoms with van der Waals surface area (Å²) in [4.78, 5) is 6.83. The number of hydrogen-bond acceptors (Lipinski definition) is 5. The van der Waals surface area contributed by atoms with Gasteiger partial charge in [-0.3, -0.25) is 14.3 Å². The molecule has 0 aliphatic carbocycles. The Morgan fingerprint density at radius 3 is 2.44 bits per heavy atom. The Morgan fingerprint density at radius 2 is 1.69 bits per heavy atom. The van der Waals surface area contributed by atoms with Gasteiger partial charge in [0.15, 0.2) is 17.4 Å². The summed E-state index contributed by atoms with van der Waals surface area (Å²) in [6.07, 6.45) is 2.50. The van der Waals surface area contributed by atoms with Crippen LogP contribution >= 0.6 is 24.0 Å². The quantitative estimate of drug-likeness (QED) is 0.280. The molecule has 2 aromatic heterocycles. The third kappa shape index (κ3) is 6.17. The van der Waals surface area contributed by atoms with E-state index in [-0.39, 0.29) is 36.2 Å². The lowest BCUT2D eigenvalue weighted by atomic mass is 10.1. The average Bonchev–Trinajstić information content (AvgIpc) is 3.17. The maximum atomic E-state index is 5.87. The average molecular weight is 549 g/mol. The highest BCUT2D eigenvalue weighted by Gasteiger charge is 2.22. The first-order valence-corrected chi connectivity index (χ1v) is 10.8. The highest BCUT2D eigenvalue weighted by molar-refractivity contribution is 14.0. The van der Waals surface area contributed by atoms with Crippen molar-refractivity contribution in [2.75, 3.05) is 20.1 Å². The number of rotatable bonds is 6. The van der Waals surface area contributed by atoms with E-state index in [4.69, 9.17) is 4.74 Å². The van der Waals surface area contributed by atoms with E-state index >= 15 is 0 Å². The Bertz CT molecular complexity index is 1030. The van der Waals surface area contributed by atoms with Gasteiger partial charge in [0.05, 0.1) is 18.8 Å². The number of halogens is 1. The second-order valence-corrected chi connectivity index (χ2v) is 8.04. The van der Waals surface area contributed by atoms with E-state index in [0.29, 0.717) is 13.1 Å². The normalized spacial score (nSPS) is 19.5. The molecule has 172 valence electrons. The SMILES string of the molecule is CN=C(NCc1ccccc1CN1CC(C)OC(C)C1)NCc1nnc2ccccn12.I. The predicted octanol–water partition coefficient (Wildman–Crippen LogP) is 2.82. The van der Waals surface area contributed by atoms with Crippen molar-refractivity contribution in [3.8, 4) is 0 Å². The molecule has 0 saturated carbocycles. The van der Waals surface area contributed by atoms with Gasteiger partial charge in [-0.2, -0.15) is 0 Å². The lowest BCUT2D eigenvalue weighted by molar-refractivity contribution is -0.0705. The van der Waals surface area contributed by atoms with Gasteiger partial charge in [-0.05, 0) is 37.1 Å². The maximum Gasteiger partial charge on any atom is 0.191 e. The lowest BCUT2D eigenvalue weighted by Gasteiger charge is -2.35. The van der Waals surface area contributed by atoms with E-state index in [0.717, 1.165) is 37.1 Å². The smallest absolute Gasteiger partial charge is 0.191 e. The first-order valence-electron chi connectivity index (χ1n) is 10.8. The van der Waals surface area contributed by atoms with Gasteiger partial charge in [-0.25, -0.2) is 0 Å². The van der Waals surface area contributed by atoms with E-state index in [2.05, 4.69) is 68.8 Å². The number of nitrogens with zero attached hydrogens (tertiary/aromatic N) is 5. The van der Waals surface area contributed by atoms with Crippen LogP contribution in [0.4, 0.5) is 0 Å². The van der Waals surface area contributed by atoms with Crippen LogP contribution in [-0.2, 0) is 24.4 Å². The van der Waals surface area contributed by atoms with Crippen LogP contribution in [0.1, 0.15) is 30.8 Å². The number of fused-ring (bicyclic) bond motifs is 1. The van der Waals surface area contributed by atoms with Gasteiger partial charge in [-0.1, -0.05) is 30.3 Å². The number of ether oxygens (including phenoxy) is 1. The molecule has 9 heteroatoms. The third-order valence-electron chi connectivity index (χ3n) is 5.48. The van der Waals surface area contributed by atoms with E-state index in [1.807, 2.05) is 28.8 Å². The third-order valence-corrected chi connectivity index (χ3v) is 5.48. The Kier molecular flexibility index (Phi) is 8.83. The highest BCUT2D eigenvalue weighted by atomic mass is 127. The molecule has 1 aliphatic heterocycles. The Balaban J connectivity index is 0.00000289. The summed E-state index contributed by atoms with van der Waals surface area (Å²) in [6, 6.07) is 14.4. The number of aliphatic imine (C=N–C) groups is 1. The molecule has 3 aromatic rings. The molecule has 2 N–H and O–H groups in total. The van der Waals surface area contributed by atoms with Crippen LogP contribution < -0.4 is 10.6 Å². The number of aromatic nitrogens is 3. The van der Waals surface area contributed by atoms with E-state index < -0.39 is 0 Å². The summed E-state index contributed by atoms with van der Waals surface area (Å²) in [5, 5.41) is 15.2. The fraction of sp³-hybridized carbons (Fsp3) is 0.435. The van der Waals surface area contributed by atoms with Crippen LogP contribution in [0, 0.1) is 0 Å². The molecule has 3 heterocycles. The number of guanidine groups is 1. The van der Waals surface area contributed by atoms with Crippen molar-refractivity contribution in [2.45, 2.75) is 45.7 Å². The molecule has 8 nitrogen and oxygen atoms in total. The molecule has 1 fully saturated rings. The second-order valence-electron chi connectivity index (χ2n) is 8.04. The minimum absolute atomic E-state index is 0. The van der Waals surface area contributed by atoms with Crippen LogP contribution in [0.5, 0.6) is 0 Å². The van der Waals surface area contributed by atoms with Crippen LogP contribution in [0.2, 0.25) is 0 Å². The molecule has 0 spiro atoms. The first kappa shape index (κ1) is 24.4. The number of pyridine rings is 1. The second kappa shape index (κ2) is 11.6. The van der Waals surface area contributed by atoms with Crippen molar-refractivity contribution in [1.82, 2.24) is 30.1 Å². The van der Waals surface area contributed by atoms with Gasteiger partial charge >= 0.3 is 0 Å². The maximum absolute atomic E-state index is 5.87. The molecule has 2 atom stereocenters. The van der Waals surface area contributed by atoms with Gasteiger partial charge in [0.2, 0.25) is 0 Å². The highest BCUT2D eigenvalue weighted by Crippen LogP contribution is 2.17. The molecule has 1 aliphatic rings. The van der Waals surface area contributed by atoms with Crippen LogP contribution in [0.3, 0.4) is 0 Å². The Morgan fingerprint density at radius 1 is 1.00 bits per heavy atom. The van der Waals surface area contributed by atoms with Crippen molar-refractivity contribution >= 4 is 35.6 Å². The molecule has 0 bridgehead atoms. The molecule has 1 saturated heterocycles. The van der Waals surface area contributed by atoms with Gasteiger partial charge < -0.3 is 15.4 Å². The number of morpholine rings is 1. The van der Waals surface area contributed by atoms with Crippen molar-refractivity contribution in [3.05, 3.63) is 65.6 Å². The fourth-order valence-electron chi connectivity index (χ4n) is 4.11. The summed E-state index contributed by atoms with van der Waals surface area (Å²) < 4.78 is 7.84. The fourth-order valence-corrected chi connectivity index (χ4v) is 4.11. The molecule has 4 rings (SSSR count). The topological polar surface area (TPSA) is 79.1 Å². The summed E-state index contributed by atoms with van der Waals surface area (Å²) in [5.74, 6) is 1.57. The summed E-state index contributed by atoms with van der Waals surface area (Å²) >= 11 is 0. The predicted molar refractivity (Wildman–Crippen MR) is 137 cm³/mol. The van der Waals surface area contributed by atoms with E-state index in [9.17, 15) is 0 Å². The lowest BCUT2D eigenvalue weighted by Crippen LogP contribution is -2.45. The molecule has 0 radical (unpaired) electrons. The van der Waals surface area contributed by atoms with Gasteiger partial charge in [0.1, 0.15) is 0 Å². The summed E-state index contributed by atoms with van der Waals surface area (Å²) in [7, 11) is 1.78. The number of benzene rings is 1. The Hall–Kier alpha value is -2.24. The van der Waals surface area contributed by atoms with Crippen LogP contribution in [0.25, 0.3) is 5.65 Å². The zero-order valence-corrected chi connectivity index (χ0v) is 21.2.